The number of carbonyl (C=O) groups excluding carboxylic acids is 1. The SMILES string of the molecule is CC(C)(C)CC(=O)N(Cc1ccccc1)CC1CC(c2ccc(Cl)cc2)=NO1. The third-order valence-electron chi connectivity index (χ3n) is 4.58. The number of hydrogen-bond acceptors (Lipinski definition) is 3. The highest BCUT2D eigenvalue weighted by Crippen LogP contribution is 2.23. The molecule has 1 atom stereocenters. The molecular formula is C23H27ClN2O2. The van der Waals surface area contributed by atoms with E-state index in [0.717, 1.165) is 16.8 Å². The van der Waals surface area contributed by atoms with E-state index in [1.165, 1.54) is 0 Å². The van der Waals surface area contributed by atoms with Crippen LogP contribution in [-0.4, -0.2) is 29.2 Å². The first-order chi connectivity index (χ1) is 13.3. The van der Waals surface area contributed by atoms with Gasteiger partial charge in [-0.25, -0.2) is 0 Å². The molecule has 0 radical (unpaired) electrons. The van der Waals surface area contributed by atoms with E-state index in [2.05, 4.69) is 25.9 Å². The monoisotopic (exact) mass is 398 g/mol. The van der Waals surface area contributed by atoms with Crippen LogP contribution in [-0.2, 0) is 16.2 Å². The normalized spacial score (nSPS) is 16.4. The highest BCUT2D eigenvalue weighted by Gasteiger charge is 2.28. The average molecular weight is 399 g/mol. The second kappa shape index (κ2) is 8.78. The summed E-state index contributed by atoms with van der Waals surface area (Å²) < 4.78 is 0. The molecule has 1 aliphatic heterocycles. The predicted octanol–water partition coefficient (Wildman–Crippen LogP) is 5.30. The van der Waals surface area contributed by atoms with Crippen LogP contribution < -0.4 is 0 Å². The Morgan fingerprint density at radius 3 is 2.46 bits per heavy atom. The van der Waals surface area contributed by atoms with Gasteiger partial charge in [-0.05, 0) is 28.7 Å². The lowest BCUT2D eigenvalue weighted by Crippen LogP contribution is -2.38. The van der Waals surface area contributed by atoms with Crippen molar-refractivity contribution < 1.29 is 9.63 Å². The molecule has 0 aromatic heterocycles. The van der Waals surface area contributed by atoms with E-state index in [4.69, 9.17) is 16.4 Å². The van der Waals surface area contributed by atoms with E-state index in [0.29, 0.717) is 31.0 Å². The summed E-state index contributed by atoms with van der Waals surface area (Å²) in [4.78, 5) is 20.5. The van der Waals surface area contributed by atoms with Gasteiger partial charge in [0.15, 0.2) is 6.10 Å². The summed E-state index contributed by atoms with van der Waals surface area (Å²) in [6.07, 6.45) is 1.03. The van der Waals surface area contributed by atoms with E-state index >= 15 is 0 Å². The molecule has 0 fully saturated rings. The van der Waals surface area contributed by atoms with Gasteiger partial charge >= 0.3 is 0 Å². The molecule has 1 heterocycles. The standard InChI is InChI=1S/C23H27ClN2O2/c1-23(2,3)14-22(27)26(15-17-7-5-4-6-8-17)16-20-13-21(25-28-20)18-9-11-19(24)12-10-18/h4-12,20H,13-16H2,1-3H3. The maximum absolute atomic E-state index is 13.0. The maximum atomic E-state index is 13.0. The molecule has 1 amide bonds. The van der Waals surface area contributed by atoms with E-state index in [1.54, 1.807) is 0 Å². The number of halogens is 1. The fourth-order valence-corrected chi connectivity index (χ4v) is 3.33. The number of carbonyl (C=O) groups is 1. The first-order valence-corrected chi connectivity index (χ1v) is 9.98. The van der Waals surface area contributed by atoms with Crippen LogP contribution in [0.2, 0.25) is 5.02 Å². The van der Waals surface area contributed by atoms with Gasteiger partial charge in [0.05, 0.1) is 12.3 Å². The van der Waals surface area contributed by atoms with Crippen molar-refractivity contribution in [2.45, 2.75) is 46.3 Å². The van der Waals surface area contributed by atoms with Gasteiger partial charge in [0.1, 0.15) is 0 Å². The lowest BCUT2D eigenvalue weighted by atomic mass is 9.91. The summed E-state index contributed by atoms with van der Waals surface area (Å²) in [6.45, 7) is 7.34. The summed E-state index contributed by atoms with van der Waals surface area (Å²) in [7, 11) is 0. The van der Waals surface area contributed by atoms with E-state index in [1.807, 2.05) is 59.5 Å². The lowest BCUT2D eigenvalue weighted by molar-refractivity contribution is -0.135. The van der Waals surface area contributed by atoms with Crippen LogP contribution in [0.1, 0.15) is 44.7 Å². The van der Waals surface area contributed by atoms with Crippen molar-refractivity contribution in [2.24, 2.45) is 10.6 Å². The van der Waals surface area contributed by atoms with Crippen LogP contribution in [0.15, 0.2) is 59.8 Å². The Kier molecular flexibility index (Phi) is 6.40. The second-order valence-electron chi connectivity index (χ2n) is 8.47. The Morgan fingerprint density at radius 1 is 1.14 bits per heavy atom. The number of rotatable bonds is 6. The van der Waals surface area contributed by atoms with Crippen LogP contribution in [0.5, 0.6) is 0 Å². The van der Waals surface area contributed by atoms with Gasteiger partial charge < -0.3 is 9.74 Å². The molecule has 5 heteroatoms. The zero-order valence-electron chi connectivity index (χ0n) is 16.7. The second-order valence-corrected chi connectivity index (χ2v) is 8.91. The molecule has 0 saturated heterocycles. The fourth-order valence-electron chi connectivity index (χ4n) is 3.21. The van der Waals surface area contributed by atoms with Crippen molar-refractivity contribution in [3.05, 3.63) is 70.7 Å². The van der Waals surface area contributed by atoms with E-state index in [9.17, 15) is 4.79 Å². The number of hydrogen-bond donors (Lipinski definition) is 0. The first kappa shape index (κ1) is 20.4. The van der Waals surface area contributed by atoms with E-state index < -0.39 is 0 Å². The van der Waals surface area contributed by atoms with Gasteiger partial charge in [-0.3, -0.25) is 4.79 Å². The largest absolute Gasteiger partial charge is 0.390 e. The number of nitrogens with zero attached hydrogens (tertiary/aromatic N) is 2. The van der Waals surface area contributed by atoms with Crippen LogP contribution in [0.25, 0.3) is 0 Å². The van der Waals surface area contributed by atoms with Crippen molar-refractivity contribution in [2.75, 3.05) is 6.54 Å². The summed E-state index contributed by atoms with van der Waals surface area (Å²) in [6, 6.07) is 17.6. The third kappa shape index (κ3) is 5.83. The van der Waals surface area contributed by atoms with Crippen molar-refractivity contribution in [3.8, 4) is 0 Å². The Labute approximate surface area is 172 Å². The molecule has 148 valence electrons. The summed E-state index contributed by atoms with van der Waals surface area (Å²) in [5, 5.41) is 4.94. The van der Waals surface area contributed by atoms with Gasteiger partial charge in [-0.15, -0.1) is 0 Å². The molecule has 0 bridgehead atoms. The zero-order chi connectivity index (χ0) is 20.1. The van der Waals surface area contributed by atoms with Crippen LogP contribution in [0.4, 0.5) is 0 Å². The fraction of sp³-hybridized carbons (Fsp3) is 0.391. The molecule has 0 saturated carbocycles. The Bertz CT molecular complexity index is 826. The molecule has 4 nitrogen and oxygen atoms in total. The molecule has 2 aromatic carbocycles. The molecule has 0 aliphatic carbocycles. The number of oxime groups is 1. The summed E-state index contributed by atoms with van der Waals surface area (Å²) in [5.41, 5.74) is 2.95. The van der Waals surface area contributed by atoms with Gasteiger partial charge in [0.25, 0.3) is 0 Å². The smallest absolute Gasteiger partial charge is 0.223 e. The number of amides is 1. The van der Waals surface area contributed by atoms with Crippen LogP contribution in [0.3, 0.4) is 0 Å². The maximum Gasteiger partial charge on any atom is 0.223 e. The van der Waals surface area contributed by atoms with Gasteiger partial charge in [-0.2, -0.15) is 0 Å². The molecule has 3 rings (SSSR count). The number of benzene rings is 2. The summed E-state index contributed by atoms with van der Waals surface area (Å²) >= 11 is 5.97. The van der Waals surface area contributed by atoms with E-state index in [-0.39, 0.29) is 17.4 Å². The van der Waals surface area contributed by atoms with Gasteiger partial charge in [0.2, 0.25) is 5.91 Å². The van der Waals surface area contributed by atoms with Gasteiger partial charge in [0, 0.05) is 24.4 Å². The van der Waals surface area contributed by atoms with Gasteiger partial charge in [-0.1, -0.05) is 80.0 Å². The van der Waals surface area contributed by atoms with Crippen LogP contribution in [0, 0.1) is 5.41 Å². The molecule has 1 aliphatic rings. The topological polar surface area (TPSA) is 41.9 Å². The molecule has 1 unspecified atom stereocenters. The highest BCUT2D eigenvalue weighted by atomic mass is 35.5. The quantitative estimate of drug-likeness (QED) is 0.662. The minimum Gasteiger partial charge on any atom is -0.390 e. The van der Waals surface area contributed by atoms with Crippen molar-refractivity contribution >= 4 is 23.2 Å². The minimum atomic E-state index is -0.140. The Morgan fingerprint density at radius 2 is 1.82 bits per heavy atom. The third-order valence-corrected chi connectivity index (χ3v) is 4.84. The molecule has 2 aromatic rings. The first-order valence-electron chi connectivity index (χ1n) is 9.60. The van der Waals surface area contributed by atoms with Crippen LogP contribution >= 0.6 is 11.6 Å². The molecule has 0 spiro atoms. The average Bonchev–Trinajstić information content (AvgIpc) is 3.10. The summed E-state index contributed by atoms with van der Waals surface area (Å²) in [5.74, 6) is 0.139. The van der Waals surface area contributed by atoms with Crippen molar-refractivity contribution in [1.82, 2.24) is 4.90 Å². The minimum absolute atomic E-state index is 0.0620. The molecular weight excluding hydrogens is 372 g/mol. The molecule has 28 heavy (non-hydrogen) atoms. The van der Waals surface area contributed by atoms with Crippen molar-refractivity contribution in [3.63, 3.8) is 0 Å². The molecule has 0 N–H and O–H groups in total. The Balaban J connectivity index is 1.67. The Hall–Kier alpha value is -2.33. The van der Waals surface area contributed by atoms with Crippen molar-refractivity contribution in [1.29, 1.82) is 0 Å². The lowest BCUT2D eigenvalue weighted by Gasteiger charge is -2.28. The zero-order valence-corrected chi connectivity index (χ0v) is 17.4. The predicted molar refractivity (Wildman–Crippen MR) is 113 cm³/mol. The highest BCUT2D eigenvalue weighted by molar-refractivity contribution is 6.30.